The van der Waals surface area contributed by atoms with Crippen molar-refractivity contribution in [1.29, 1.82) is 0 Å². The molecule has 118 valence electrons. The van der Waals surface area contributed by atoms with Crippen molar-refractivity contribution in [3.8, 4) is 0 Å². The van der Waals surface area contributed by atoms with E-state index in [0.717, 1.165) is 37.4 Å². The highest BCUT2D eigenvalue weighted by Crippen LogP contribution is 2.32. The van der Waals surface area contributed by atoms with E-state index in [-0.39, 0.29) is 5.91 Å². The highest BCUT2D eigenvalue weighted by Gasteiger charge is 2.29. The second-order valence-corrected chi connectivity index (χ2v) is 6.82. The first-order valence-corrected chi connectivity index (χ1v) is 8.74. The summed E-state index contributed by atoms with van der Waals surface area (Å²) in [6.07, 6.45) is 5.82. The van der Waals surface area contributed by atoms with Gasteiger partial charge in [-0.2, -0.15) is 0 Å². The number of aromatic nitrogens is 3. The normalized spacial score (nSPS) is 18.5. The average molecular weight is 326 g/mol. The van der Waals surface area contributed by atoms with Crippen molar-refractivity contribution >= 4 is 22.1 Å². The maximum absolute atomic E-state index is 12.6. The summed E-state index contributed by atoms with van der Waals surface area (Å²) in [6, 6.07) is 5.47. The van der Waals surface area contributed by atoms with E-state index in [4.69, 9.17) is 4.98 Å². The molecule has 0 bridgehead atoms. The van der Waals surface area contributed by atoms with Gasteiger partial charge < -0.3 is 4.90 Å². The highest BCUT2D eigenvalue weighted by atomic mass is 32.1. The van der Waals surface area contributed by atoms with Crippen molar-refractivity contribution in [3.05, 3.63) is 53.2 Å². The van der Waals surface area contributed by atoms with Crippen LogP contribution in [0.1, 0.15) is 40.8 Å². The standard InChI is InChI=1S/C17H18N4OS/c1-12-19-15(17-21(12)9-10-23-17)13-5-4-8-20(11-13)16(22)14-6-2-3-7-18-14/h2-3,6-7,9-10,13H,4-5,8,11H2,1H3. The predicted molar refractivity (Wildman–Crippen MR) is 89.9 cm³/mol. The summed E-state index contributed by atoms with van der Waals surface area (Å²) in [4.78, 5) is 24.7. The number of thiazole rings is 1. The Hall–Kier alpha value is -2.21. The number of amides is 1. The van der Waals surface area contributed by atoms with E-state index in [9.17, 15) is 4.79 Å². The molecule has 0 radical (unpaired) electrons. The molecule has 0 aliphatic carbocycles. The molecule has 0 spiro atoms. The van der Waals surface area contributed by atoms with Crippen LogP contribution in [0.25, 0.3) is 4.83 Å². The molecule has 0 aromatic carbocycles. The second-order valence-electron chi connectivity index (χ2n) is 5.93. The van der Waals surface area contributed by atoms with Crippen LogP contribution in [0.2, 0.25) is 0 Å². The van der Waals surface area contributed by atoms with Crippen LogP contribution in [0.4, 0.5) is 0 Å². The zero-order valence-corrected chi connectivity index (χ0v) is 13.8. The van der Waals surface area contributed by atoms with E-state index in [2.05, 4.69) is 21.0 Å². The van der Waals surface area contributed by atoms with Gasteiger partial charge in [-0.1, -0.05) is 6.07 Å². The van der Waals surface area contributed by atoms with Crippen LogP contribution >= 0.6 is 11.3 Å². The van der Waals surface area contributed by atoms with E-state index in [1.54, 1.807) is 23.6 Å². The van der Waals surface area contributed by atoms with Crippen molar-refractivity contribution in [2.24, 2.45) is 0 Å². The fraction of sp³-hybridized carbons (Fsp3) is 0.353. The average Bonchev–Trinajstić information content (AvgIpc) is 3.19. The quantitative estimate of drug-likeness (QED) is 0.727. The van der Waals surface area contributed by atoms with Gasteiger partial charge in [0.1, 0.15) is 16.3 Å². The summed E-state index contributed by atoms with van der Waals surface area (Å²) in [5, 5.41) is 2.09. The van der Waals surface area contributed by atoms with Gasteiger partial charge in [-0.3, -0.25) is 14.2 Å². The van der Waals surface area contributed by atoms with Gasteiger partial charge in [0.15, 0.2) is 0 Å². The summed E-state index contributed by atoms with van der Waals surface area (Å²) in [5.41, 5.74) is 1.66. The Balaban J connectivity index is 1.60. The third-order valence-electron chi connectivity index (χ3n) is 4.44. The number of imidazole rings is 1. The number of carbonyl (C=O) groups excluding carboxylic acids is 1. The molecule has 4 heterocycles. The zero-order valence-electron chi connectivity index (χ0n) is 13.0. The monoisotopic (exact) mass is 326 g/mol. The fourth-order valence-electron chi connectivity index (χ4n) is 3.30. The molecule has 1 fully saturated rings. The molecule has 5 nitrogen and oxygen atoms in total. The largest absolute Gasteiger partial charge is 0.337 e. The first-order chi connectivity index (χ1) is 11.2. The molecule has 1 amide bonds. The smallest absolute Gasteiger partial charge is 0.272 e. The number of hydrogen-bond donors (Lipinski definition) is 0. The number of aryl methyl sites for hydroxylation is 1. The lowest BCUT2D eigenvalue weighted by Gasteiger charge is -2.31. The zero-order chi connectivity index (χ0) is 15.8. The molecule has 1 aliphatic heterocycles. The number of likely N-dealkylation sites (tertiary alicyclic amines) is 1. The fourth-order valence-corrected chi connectivity index (χ4v) is 4.25. The van der Waals surface area contributed by atoms with Crippen LogP contribution in [0.15, 0.2) is 36.0 Å². The summed E-state index contributed by atoms with van der Waals surface area (Å²) in [5.74, 6) is 1.34. The maximum Gasteiger partial charge on any atom is 0.272 e. The molecule has 1 atom stereocenters. The topological polar surface area (TPSA) is 50.5 Å². The minimum absolute atomic E-state index is 0.0219. The van der Waals surface area contributed by atoms with Crippen LogP contribution in [-0.4, -0.2) is 38.3 Å². The van der Waals surface area contributed by atoms with E-state index >= 15 is 0 Å². The van der Waals surface area contributed by atoms with Gasteiger partial charge in [-0.25, -0.2) is 4.98 Å². The minimum Gasteiger partial charge on any atom is -0.337 e. The first-order valence-electron chi connectivity index (χ1n) is 7.86. The van der Waals surface area contributed by atoms with Gasteiger partial charge in [-0.05, 0) is 31.9 Å². The lowest BCUT2D eigenvalue weighted by molar-refractivity contribution is 0.0700. The third kappa shape index (κ3) is 2.53. The Morgan fingerprint density at radius 3 is 3.13 bits per heavy atom. The molecule has 4 rings (SSSR count). The third-order valence-corrected chi connectivity index (χ3v) is 5.32. The van der Waals surface area contributed by atoms with Gasteiger partial charge in [0, 0.05) is 36.8 Å². The lowest BCUT2D eigenvalue weighted by atomic mass is 9.95. The molecular formula is C17H18N4OS. The lowest BCUT2D eigenvalue weighted by Crippen LogP contribution is -2.39. The van der Waals surface area contributed by atoms with Crippen molar-refractivity contribution in [2.75, 3.05) is 13.1 Å². The highest BCUT2D eigenvalue weighted by molar-refractivity contribution is 7.15. The molecule has 23 heavy (non-hydrogen) atoms. The van der Waals surface area contributed by atoms with E-state index < -0.39 is 0 Å². The summed E-state index contributed by atoms with van der Waals surface area (Å²) in [6.45, 7) is 3.55. The van der Waals surface area contributed by atoms with Crippen molar-refractivity contribution < 1.29 is 4.79 Å². The number of rotatable bonds is 2. The molecule has 6 heteroatoms. The van der Waals surface area contributed by atoms with Gasteiger partial charge in [0.05, 0.1) is 5.69 Å². The molecule has 1 aliphatic rings. The van der Waals surface area contributed by atoms with Crippen LogP contribution < -0.4 is 0 Å². The van der Waals surface area contributed by atoms with Gasteiger partial charge in [-0.15, -0.1) is 11.3 Å². The molecule has 0 N–H and O–H groups in total. The van der Waals surface area contributed by atoms with Gasteiger partial charge >= 0.3 is 0 Å². The number of hydrogen-bond acceptors (Lipinski definition) is 4. The van der Waals surface area contributed by atoms with Crippen LogP contribution in [0.3, 0.4) is 0 Å². The summed E-state index contributed by atoms with van der Waals surface area (Å²) in [7, 11) is 0. The molecular weight excluding hydrogens is 308 g/mol. The summed E-state index contributed by atoms with van der Waals surface area (Å²) >= 11 is 1.72. The first kappa shape index (κ1) is 14.4. The Morgan fingerprint density at radius 2 is 2.30 bits per heavy atom. The Morgan fingerprint density at radius 1 is 1.39 bits per heavy atom. The SMILES string of the molecule is Cc1nc(C2CCCN(C(=O)c3ccccn3)C2)c2sccn12. The number of carbonyl (C=O) groups is 1. The summed E-state index contributed by atoms with van der Waals surface area (Å²) < 4.78 is 2.14. The van der Waals surface area contributed by atoms with Crippen molar-refractivity contribution in [2.45, 2.75) is 25.7 Å². The molecule has 1 unspecified atom stereocenters. The van der Waals surface area contributed by atoms with Crippen LogP contribution in [0.5, 0.6) is 0 Å². The number of fused-ring (bicyclic) bond motifs is 1. The Bertz CT molecular complexity index is 839. The Kier molecular flexibility index (Phi) is 3.61. The van der Waals surface area contributed by atoms with E-state index in [1.807, 2.05) is 24.0 Å². The van der Waals surface area contributed by atoms with Crippen molar-refractivity contribution in [3.63, 3.8) is 0 Å². The van der Waals surface area contributed by atoms with E-state index in [1.165, 1.54) is 4.83 Å². The molecule has 1 saturated heterocycles. The van der Waals surface area contributed by atoms with Gasteiger partial charge in [0.2, 0.25) is 0 Å². The number of piperidine rings is 1. The van der Waals surface area contributed by atoms with Gasteiger partial charge in [0.25, 0.3) is 5.91 Å². The Labute approximate surface area is 138 Å². The maximum atomic E-state index is 12.6. The van der Waals surface area contributed by atoms with Crippen LogP contribution in [-0.2, 0) is 0 Å². The number of nitrogens with zero attached hydrogens (tertiary/aromatic N) is 4. The molecule has 0 saturated carbocycles. The molecule has 3 aromatic rings. The number of pyridine rings is 1. The second kappa shape index (κ2) is 5.77. The van der Waals surface area contributed by atoms with E-state index in [0.29, 0.717) is 11.6 Å². The minimum atomic E-state index is 0.0219. The van der Waals surface area contributed by atoms with Crippen molar-refractivity contribution in [1.82, 2.24) is 19.3 Å². The predicted octanol–water partition coefficient (Wildman–Crippen LogP) is 3.12. The molecule has 3 aromatic heterocycles. The van der Waals surface area contributed by atoms with Crippen LogP contribution in [0, 0.1) is 6.92 Å².